The van der Waals surface area contributed by atoms with E-state index in [1.54, 1.807) is 11.8 Å². The number of rotatable bonds is 6. The van der Waals surface area contributed by atoms with E-state index >= 15 is 0 Å². The van der Waals surface area contributed by atoms with E-state index in [1.807, 2.05) is 54.8 Å². The zero-order valence-electron chi connectivity index (χ0n) is 13.1. The van der Waals surface area contributed by atoms with Crippen LogP contribution in [0.15, 0.2) is 57.9 Å². The molecule has 5 nitrogen and oxygen atoms in total. The van der Waals surface area contributed by atoms with Crippen molar-refractivity contribution in [2.45, 2.75) is 17.4 Å². The third-order valence-electron chi connectivity index (χ3n) is 3.35. The van der Waals surface area contributed by atoms with Gasteiger partial charge in [-0.15, -0.1) is 11.8 Å². The number of primary amides is 1. The van der Waals surface area contributed by atoms with Crippen molar-refractivity contribution in [3.8, 4) is 0 Å². The molecular formula is C17H18BrN3O2S. The fourth-order valence-electron chi connectivity index (χ4n) is 2.19. The first-order chi connectivity index (χ1) is 11.5. The molecule has 2 rings (SSSR count). The molecule has 0 saturated heterocycles. The molecule has 0 aliphatic rings. The van der Waals surface area contributed by atoms with Crippen LogP contribution in [0.4, 0.5) is 10.5 Å². The van der Waals surface area contributed by atoms with Gasteiger partial charge in [-0.3, -0.25) is 4.79 Å². The van der Waals surface area contributed by atoms with Gasteiger partial charge in [0.2, 0.25) is 5.91 Å². The molecule has 4 N–H and O–H groups in total. The number of nitrogens with two attached hydrogens (primary N) is 1. The number of urea groups is 1. The van der Waals surface area contributed by atoms with Crippen LogP contribution in [0.2, 0.25) is 0 Å². The number of nitrogens with one attached hydrogen (secondary N) is 2. The Morgan fingerprint density at radius 1 is 1.12 bits per heavy atom. The minimum atomic E-state index is -0.667. The predicted molar refractivity (Wildman–Crippen MR) is 101 cm³/mol. The van der Waals surface area contributed by atoms with Gasteiger partial charge < -0.3 is 16.4 Å². The van der Waals surface area contributed by atoms with Crippen LogP contribution in [-0.2, 0) is 4.79 Å². The Hall–Kier alpha value is -1.99. The van der Waals surface area contributed by atoms with Crippen LogP contribution in [0.3, 0.4) is 0 Å². The Morgan fingerprint density at radius 3 is 2.29 bits per heavy atom. The molecule has 0 saturated carbocycles. The van der Waals surface area contributed by atoms with Gasteiger partial charge in [0.05, 0.1) is 12.5 Å². The third-order valence-corrected chi connectivity index (χ3v) is 4.62. The van der Waals surface area contributed by atoms with Gasteiger partial charge in [0.15, 0.2) is 0 Å². The molecule has 0 radical (unpaired) electrons. The summed E-state index contributed by atoms with van der Waals surface area (Å²) in [6.45, 7) is 0. The van der Waals surface area contributed by atoms with Gasteiger partial charge in [0, 0.05) is 15.1 Å². The second-order valence-corrected chi connectivity index (χ2v) is 6.89. The summed E-state index contributed by atoms with van der Waals surface area (Å²) in [5.74, 6) is -0.200. The summed E-state index contributed by atoms with van der Waals surface area (Å²) < 4.78 is 0.919. The van der Waals surface area contributed by atoms with Crippen molar-refractivity contribution in [1.29, 1.82) is 0 Å². The van der Waals surface area contributed by atoms with Crippen LogP contribution < -0.4 is 16.4 Å². The Kier molecular flexibility index (Phi) is 6.69. The lowest BCUT2D eigenvalue weighted by atomic mass is 10.0. The first-order valence-electron chi connectivity index (χ1n) is 7.23. The quantitative estimate of drug-likeness (QED) is 0.634. The topological polar surface area (TPSA) is 84.2 Å². The van der Waals surface area contributed by atoms with Crippen molar-refractivity contribution < 1.29 is 9.59 Å². The molecule has 0 unspecified atom stereocenters. The second kappa shape index (κ2) is 8.75. The van der Waals surface area contributed by atoms with Crippen LogP contribution in [0.1, 0.15) is 18.0 Å². The number of thioether (sulfide) groups is 1. The van der Waals surface area contributed by atoms with Gasteiger partial charge in [-0.2, -0.15) is 0 Å². The standard InChI is InChI=1S/C17H18BrN3O2S/c1-24-14-8-6-13(7-9-14)20-16(22)10-15(21-17(19)23)11-2-4-12(18)5-3-11/h2-9,15H,10H2,1H3,(H,20,22)(H3,19,21,23)/t15-/m0/s1. The molecule has 0 aliphatic carbocycles. The van der Waals surface area contributed by atoms with E-state index in [0.29, 0.717) is 5.69 Å². The molecule has 0 heterocycles. The van der Waals surface area contributed by atoms with Crippen molar-refractivity contribution in [3.63, 3.8) is 0 Å². The highest BCUT2D eigenvalue weighted by Crippen LogP contribution is 2.21. The first-order valence-corrected chi connectivity index (χ1v) is 9.25. The molecule has 0 fully saturated rings. The van der Waals surface area contributed by atoms with E-state index in [9.17, 15) is 9.59 Å². The van der Waals surface area contributed by atoms with Crippen LogP contribution >= 0.6 is 27.7 Å². The van der Waals surface area contributed by atoms with E-state index < -0.39 is 12.1 Å². The lowest BCUT2D eigenvalue weighted by Gasteiger charge is -2.18. The van der Waals surface area contributed by atoms with E-state index in [-0.39, 0.29) is 12.3 Å². The molecule has 2 aromatic rings. The largest absolute Gasteiger partial charge is 0.352 e. The SMILES string of the molecule is CSc1ccc(NC(=O)C[C@H](NC(N)=O)c2ccc(Br)cc2)cc1. The molecule has 24 heavy (non-hydrogen) atoms. The molecule has 7 heteroatoms. The van der Waals surface area contributed by atoms with Gasteiger partial charge in [-0.05, 0) is 48.2 Å². The Morgan fingerprint density at radius 2 is 1.75 bits per heavy atom. The lowest BCUT2D eigenvalue weighted by molar-refractivity contribution is -0.116. The van der Waals surface area contributed by atoms with E-state index in [4.69, 9.17) is 5.73 Å². The van der Waals surface area contributed by atoms with Crippen LogP contribution in [0.25, 0.3) is 0 Å². The summed E-state index contributed by atoms with van der Waals surface area (Å²) >= 11 is 4.99. The molecule has 0 spiro atoms. The lowest BCUT2D eigenvalue weighted by Crippen LogP contribution is -2.35. The van der Waals surface area contributed by atoms with Gasteiger partial charge >= 0.3 is 6.03 Å². The summed E-state index contributed by atoms with van der Waals surface area (Å²) in [5.41, 5.74) is 6.75. The van der Waals surface area contributed by atoms with Crippen molar-refractivity contribution in [1.82, 2.24) is 5.32 Å². The average molecular weight is 408 g/mol. The summed E-state index contributed by atoms with van der Waals surface area (Å²) in [5, 5.41) is 5.44. The van der Waals surface area contributed by atoms with Gasteiger partial charge in [0.25, 0.3) is 0 Å². The fraction of sp³-hybridized carbons (Fsp3) is 0.176. The van der Waals surface area contributed by atoms with Crippen LogP contribution in [0.5, 0.6) is 0 Å². The number of hydrogen-bond donors (Lipinski definition) is 3. The number of anilines is 1. The summed E-state index contributed by atoms with van der Waals surface area (Å²) in [6.07, 6.45) is 2.08. The number of carbonyl (C=O) groups excluding carboxylic acids is 2. The predicted octanol–water partition coefficient (Wildman–Crippen LogP) is 3.91. The minimum absolute atomic E-state index is 0.0921. The van der Waals surface area contributed by atoms with Crippen molar-refractivity contribution in [2.75, 3.05) is 11.6 Å². The van der Waals surface area contributed by atoms with Gasteiger partial charge in [0.1, 0.15) is 0 Å². The molecule has 0 aromatic heterocycles. The minimum Gasteiger partial charge on any atom is -0.352 e. The maximum absolute atomic E-state index is 12.3. The summed E-state index contributed by atoms with van der Waals surface area (Å²) in [6, 6.07) is 13.8. The normalized spacial score (nSPS) is 11.6. The molecule has 0 bridgehead atoms. The van der Waals surface area contributed by atoms with Gasteiger partial charge in [-0.25, -0.2) is 4.79 Å². The first kappa shape index (κ1) is 18.4. The highest BCUT2D eigenvalue weighted by Gasteiger charge is 2.17. The fourth-order valence-corrected chi connectivity index (χ4v) is 2.86. The Labute approximate surface area is 153 Å². The monoisotopic (exact) mass is 407 g/mol. The third kappa shape index (κ3) is 5.58. The number of amides is 3. The van der Waals surface area contributed by atoms with E-state index in [2.05, 4.69) is 26.6 Å². The molecule has 126 valence electrons. The van der Waals surface area contributed by atoms with E-state index in [0.717, 1.165) is 14.9 Å². The molecule has 3 amide bonds. The Balaban J connectivity index is 2.05. The summed E-state index contributed by atoms with van der Waals surface area (Å²) in [4.78, 5) is 24.6. The highest BCUT2D eigenvalue weighted by molar-refractivity contribution is 9.10. The molecule has 2 aromatic carbocycles. The zero-order chi connectivity index (χ0) is 17.5. The Bertz CT molecular complexity index is 705. The molecule has 1 atom stereocenters. The molecule has 0 aliphatic heterocycles. The van der Waals surface area contributed by atoms with E-state index in [1.165, 1.54) is 0 Å². The van der Waals surface area contributed by atoms with Gasteiger partial charge in [-0.1, -0.05) is 28.1 Å². The summed E-state index contributed by atoms with van der Waals surface area (Å²) in [7, 11) is 0. The number of carbonyl (C=O) groups is 2. The van der Waals surface area contributed by atoms with Crippen LogP contribution in [-0.4, -0.2) is 18.2 Å². The number of hydrogen-bond acceptors (Lipinski definition) is 3. The second-order valence-electron chi connectivity index (χ2n) is 5.09. The maximum atomic E-state index is 12.3. The van der Waals surface area contributed by atoms with Crippen molar-refractivity contribution in [2.24, 2.45) is 5.73 Å². The smallest absolute Gasteiger partial charge is 0.312 e. The highest BCUT2D eigenvalue weighted by atomic mass is 79.9. The maximum Gasteiger partial charge on any atom is 0.312 e. The number of halogens is 1. The van der Waals surface area contributed by atoms with Crippen LogP contribution in [0, 0.1) is 0 Å². The van der Waals surface area contributed by atoms with Crippen molar-refractivity contribution in [3.05, 3.63) is 58.6 Å². The van der Waals surface area contributed by atoms with Crippen molar-refractivity contribution >= 4 is 45.3 Å². The average Bonchev–Trinajstić information content (AvgIpc) is 2.55. The molecular weight excluding hydrogens is 390 g/mol. The number of benzene rings is 2. The zero-order valence-corrected chi connectivity index (χ0v) is 15.5.